The Balaban J connectivity index is 1.62. The molecule has 0 bridgehead atoms. The Labute approximate surface area is 222 Å². The van der Waals surface area contributed by atoms with E-state index in [0.717, 1.165) is 30.7 Å². The molecule has 0 aliphatic rings. The van der Waals surface area contributed by atoms with Crippen LogP contribution < -0.4 is 9.62 Å². The number of anilines is 3. The van der Waals surface area contributed by atoms with Crippen LogP contribution in [0.1, 0.15) is 11.8 Å². The molecule has 0 unspecified atom stereocenters. The number of nitrogens with one attached hydrogen (secondary N) is 1. The van der Waals surface area contributed by atoms with Crippen LogP contribution in [-0.4, -0.2) is 24.9 Å². The van der Waals surface area contributed by atoms with Crippen molar-refractivity contribution in [1.29, 1.82) is 0 Å². The van der Waals surface area contributed by atoms with Gasteiger partial charge in [-0.25, -0.2) is 18.4 Å². The number of aromatic nitrogens is 2. The predicted octanol–water partition coefficient (Wildman–Crippen LogP) is 7.39. The van der Waals surface area contributed by atoms with E-state index in [1.54, 1.807) is 41.7 Å². The fraction of sp³-hybridized carbons (Fsp3) is 0.111. The van der Waals surface area contributed by atoms with Crippen molar-refractivity contribution in [1.82, 2.24) is 9.97 Å². The average Bonchev–Trinajstić information content (AvgIpc) is 3.22. The highest BCUT2D eigenvalue weighted by Crippen LogP contribution is 2.42. The van der Waals surface area contributed by atoms with Gasteiger partial charge in [-0.2, -0.15) is 0 Å². The van der Waals surface area contributed by atoms with Crippen LogP contribution in [0.5, 0.6) is 0 Å². The summed E-state index contributed by atoms with van der Waals surface area (Å²) in [5.74, 6) is 0.563. The molecule has 2 heterocycles. The number of hydrogen-bond acceptors (Lipinski definition) is 6. The Hall–Kier alpha value is -3.27. The van der Waals surface area contributed by atoms with Gasteiger partial charge in [0.2, 0.25) is 0 Å². The van der Waals surface area contributed by atoms with Crippen molar-refractivity contribution in [2.45, 2.75) is 18.7 Å². The number of halogens is 1. The zero-order valence-corrected chi connectivity index (χ0v) is 22.9. The molecule has 9 heteroatoms. The first kappa shape index (κ1) is 24.4. The predicted molar refractivity (Wildman–Crippen MR) is 152 cm³/mol. The summed E-state index contributed by atoms with van der Waals surface area (Å²) in [7, 11) is -3.85. The fourth-order valence-corrected chi connectivity index (χ4v) is 7.13. The van der Waals surface area contributed by atoms with Gasteiger partial charge in [-0.3, -0.25) is 4.31 Å². The summed E-state index contributed by atoms with van der Waals surface area (Å²) in [6, 6.07) is 24.1. The highest BCUT2D eigenvalue weighted by molar-refractivity contribution is 9.10. The Bertz CT molecular complexity index is 1640. The Morgan fingerprint density at radius 1 is 0.944 bits per heavy atom. The van der Waals surface area contributed by atoms with Crippen LogP contribution in [0.15, 0.2) is 94.6 Å². The van der Waals surface area contributed by atoms with E-state index in [0.29, 0.717) is 23.7 Å². The first-order valence-electron chi connectivity index (χ1n) is 11.3. The van der Waals surface area contributed by atoms with Crippen molar-refractivity contribution in [3.8, 4) is 11.1 Å². The van der Waals surface area contributed by atoms with Gasteiger partial charge in [0.15, 0.2) is 0 Å². The van der Waals surface area contributed by atoms with E-state index in [-0.39, 0.29) is 4.90 Å². The first-order valence-corrected chi connectivity index (χ1v) is 14.4. The van der Waals surface area contributed by atoms with Gasteiger partial charge in [-0.1, -0.05) is 58.4 Å². The van der Waals surface area contributed by atoms with E-state index in [1.165, 1.54) is 10.6 Å². The number of para-hydroxylation sites is 2. The van der Waals surface area contributed by atoms with Gasteiger partial charge in [-0.05, 0) is 55.8 Å². The minimum Gasteiger partial charge on any atom is -0.338 e. The number of thiophene rings is 1. The van der Waals surface area contributed by atoms with Gasteiger partial charge in [0, 0.05) is 21.5 Å². The Morgan fingerprint density at radius 3 is 2.36 bits per heavy atom. The first-order chi connectivity index (χ1) is 17.4. The minimum absolute atomic E-state index is 0.180. The Kier molecular flexibility index (Phi) is 6.79. The third kappa shape index (κ3) is 4.50. The number of aryl methyl sites for hydroxylation is 1. The molecule has 182 valence electrons. The van der Waals surface area contributed by atoms with Crippen LogP contribution in [0, 0.1) is 6.92 Å². The van der Waals surface area contributed by atoms with Crippen molar-refractivity contribution in [2.24, 2.45) is 0 Å². The van der Waals surface area contributed by atoms with Crippen LogP contribution in [0.3, 0.4) is 0 Å². The van der Waals surface area contributed by atoms with E-state index >= 15 is 0 Å². The van der Waals surface area contributed by atoms with Crippen LogP contribution >= 0.6 is 27.3 Å². The van der Waals surface area contributed by atoms with Crippen LogP contribution in [0.25, 0.3) is 21.3 Å². The second kappa shape index (κ2) is 10.0. The number of rotatable bonds is 7. The number of nitrogens with zero attached hydrogens (tertiary/aromatic N) is 3. The summed E-state index contributed by atoms with van der Waals surface area (Å²) in [6.07, 6.45) is 1.51. The second-order valence-corrected chi connectivity index (χ2v) is 12.0. The topological polar surface area (TPSA) is 75.2 Å². The molecule has 0 radical (unpaired) electrons. The molecule has 5 rings (SSSR count). The van der Waals surface area contributed by atoms with E-state index in [1.807, 2.05) is 55.5 Å². The number of hydrogen-bond donors (Lipinski definition) is 1. The lowest BCUT2D eigenvalue weighted by Gasteiger charge is -2.24. The fourth-order valence-electron chi connectivity index (χ4n) is 4.23. The SMILES string of the molecule is CCN(c1ccccc1)S(=O)(=O)c1ccccc1Nc1ncnc2sc(C)c(-c3ccc(Br)cc3)c12. The molecule has 0 aliphatic carbocycles. The molecule has 0 aliphatic heterocycles. The van der Waals surface area contributed by atoms with Crippen LogP contribution in [-0.2, 0) is 10.0 Å². The van der Waals surface area contributed by atoms with Gasteiger partial charge >= 0.3 is 0 Å². The molecular weight excluding hydrogens is 556 g/mol. The summed E-state index contributed by atoms with van der Waals surface area (Å²) in [5.41, 5.74) is 3.15. The Morgan fingerprint density at radius 2 is 1.64 bits per heavy atom. The molecule has 5 aromatic rings. The van der Waals surface area contributed by atoms with Crippen molar-refractivity contribution < 1.29 is 8.42 Å². The van der Waals surface area contributed by atoms with Gasteiger partial charge in [-0.15, -0.1) is 11.3 Å². The van der Waals surface area contributed by atoms with E-state index in [2.05, 4.69) is 38.1 Å². The molecule has 2 aromatic heterocycles. The third-order valence-corrected chi connectivity index (χ3v) is 9.34. The van der Waals surface area contributed by atoms with Crippen LogP contribution in [0.4, 0.5) is 17.2 Å². The molecule has 0 amide bonds. The number of fused-ring (bicyclic) bond motifs is 1. The zero-order valence-electron chi connectivity index (χ0n) is 19.6. The summed E-state index contributed by atoms with van der Waals surface area (Å²) < 4.78 is 30.0. The number of sulfonamides is 1. The molecule has 0 fully saturated rings. The van der Waals surface area contributed by atoms with Crippen molar-refractivity contribution >= 4 is 64.7 Å². The molecular formula is C27H23BrN4O2S2. The standard InChI is InChI=1S/C27H23BrN4O2S2/c1-3-32(21-9-5-4-6-10-21)36(33,34)23-12-8-7-11-22(23)31-26-25-24(19-13-15-20(28)16-14-19)18(2)35-27(25)30-17-29-26/h4-17H,3H2,1-2H3,(H,29,30,31). The third-order valence-electron chi connectivity index (χ3n) is 5.84. The van der Waals surface area contributed by atoms with E-state index in [4.69, 9.17) is 0 Å². The highest BCUT2D eigenvalue weighted by atomic mass is 79.9. The molecule has 36 heavy (non-hydrogen) atoms. The molecule has 0 atom stereocenters. The van der Waals surface area contributed by atoms with Crippen LogP contribution in [0.2, 0.25) is 0 Å². The molecule has 0 spiro atoms. The van der Waals surface area contributed by atoms with Gasteiger partial charge in [0.25, 0.3) is 10.0 Å². The molecule has 1 N–H and O–H groups in total. The maximum Gasteiger partial charge on any atom is 0.266 e. The van der Waals surface area contributed by atoms with E-state index < -0.39 is 10.0 Å². The molecule has 0 saturated carbocycles. The minimum atomic E-state index is -3.85. The lowest BCUT2D eigenvalue weighted by molar-refractivity contribution is 0.592. The quantitative estimate of drug-likeness (QED) is 0.218. The maximum atomic E-state index is 13.8. The average molecular weight is 580 g/mol. The van der Waals surface area contributed by atoms with Gasteiger partial charge in [0.1, 0.15) is 21.9 Å². The summed E-state index contributed by atoms with van der Waals surface area (Å²) >= 11 is 5.09. The summed E-state index contributed by atoms with van der Waals surface area (Å²) in [6.45, 7) is 4.19. The van der Waals surface area contributed by atoms with Crippen molar-refractivity contribution in [2.75, 3.05) is 16.2 Å². The van der Waals surface area contributed by atoms with E-state index in [9.17, 15) is 8.42 Å². The summed E-state index contributed by atoms with van der Waals surface area (Å²) in [5, 5.41) is 4.19. The van der Waals surface area contributed by atoms with Gasteiger partial charge < -0.3 is 5.32 Å². The number of benzene rings is 3. The lowest BCUT2D eigenvalue weighted by Crippen LogP contribution is -2.31. The second-order valence-electron chi connectivity index (χ2n) is 8.07. The smallest absolute Gasteiger partial charge is 0.266 e. The zero-order chi connectivity index (χ0) is 25.3. The molecule has 6 nitrogen and oxygen atoms in total. The maximum absolute atomic E-state index is 13.8. The largest absolute Gasteiger partial charge is 0.338 e. The van der Waals surface area contributed by atoms with Crippen molar-refractivity contribution in [3.05, 3.63) is 94.5 Å². The lowest BCUT2D eigenvalue weighted by atomic mass is 10.0. The van der Waals surface area contributed by atoms with Crippen molar-refractivity contribution in [3.63, 3.8) is 0 Å². The van der Waals surface area contributed by atoms with Gasteiger partial charge in [0.05, 0.1) is 16.8 Å². The monoisotopic (exact) mass is 578 g/mol. The molecule has 0 saturated heterocycles. The summed E-state index contributed by atoms with van der Waals surface area (Å²) in [4.78, 5) is 11.1. The highest BCUT2D eigenvalue weighted by Gasteiger charge is 2.27. The molecule has 3 aromatic carbocycles. The normalized spacial score (nSPS) is 11.5.